The van der Waals surface area contributed by atoms with E-state index in [9.17, 15) is 30.8 Å². The van der Waals surface area contributed by atoms with Crippen LogP contribution in [0.3, 0.4) is 0 Å². The highest BCUT2D eigenvalue weighted by atomic mass is 32.2. The molecule has 0 fully saturated rings. The Morgan fingerprint density at radius 2 is 1.76 bits per heavy atom. The summed E-state index contributed by atoms with van der Waals surface area (Å²) in [6.45, 7) is 1.39. The summed E-state index contributed by atoms with van der Waals surface area (Å²) in [5.74, 6) is -1.60. The van der Waals surface area contributed by atoms with Crippen molar-refractivity contribution in [3.8, 4) is 6.07 Å². The standard InChI is InChI=1S/C18H15F4N3O3S/c1-2-16(26)25-18(24,29(27,28)14-7-5-13(19)6-8-14)12-4-3-11(10-23)15(9-12)17(20,21)22/h3-9H,2,24H2,1H3,(H,25,26)/t18-/m1/s1. The van der Waals surface area contributed by atoms with Gasteiger partial charge >= 0.3 is 6.18 Å². The summed E-state index contributed by atoms with van der Waals surface area (Å²) in [7, 11) is -4.73. The Morgan fingerprint density at radius 1 is 1.17 bits per heavy atom. The van der Waals surface area contributed by atoms with Crippen molar-refractivity contribution < 1.29 is 30.8 Å². The molecule has 2 rings (SSSR count). The third-order valence-corrected chi connectivity index (χ3v) is 6.15. The minimum Gasteiger partial charge on any atom is -0.321 e. The van der Waals surface area contributed by atoms with Crippen molar-refractivity contribution in [2.45, 2.75) is 29.4 Å². The Morgan fingerprint density at radius 3 is 2.24 bits per heavy atom. The summed E-state index contributed by atoms with van der Waals surface area (Å²) in [4.78, 5) is 8.63. The molecule has 0 aliphatic heterocycles. The molecule has 6 nitrogen and oxygen atoms in total. The molecule has 1 amide bonds. The van der Waals surface area contributed by atoms with Gasteiger partial charge in [0.15, 0.2) is 0 Å². The zero-order chi connectivity index (χ0) is 22.0. The second-order valence-electron chi connectivity index (χ2n) is 5.96. The van der Waals surface area contributed by atoms with Crippen molar-refractivity contribution in [2.24, 2.45) is 5.73 Å². The topological polar surface area (TPSA) is 113 Å². The van der Waals surface area contributed by atoms with Crippen molar-refractivity contribution >= 4 is 15.7 Å². The molecule has 2 aromatic carbocycles. The van der Waals surface area contributed by atoms with Gasteiger partial charge in [-0.1, -0.05) is 13.0 Å². The lowest BCUT2D eigenvalue weighted by molar-refractivity contribution is -0.137. The minimum atomic E-state index is -4.98. The van der Waals surface area contributed by atoms with Gasteiger partial charge in [0.25, 0.3) is 0 Å². The summed E-state index contributed by atoms with van der Waals surface area (Å²) in [5, 5.41) is 11.0. The van der Waals surface area contributed by atoms with E-state index < -0.39 is 54.3 Å². The summed E-state index contributed by atoms with van der Waals surface area (Å²) in [6.07, 6.45) is -5.18. The predicted octanol–water partition coefficient (Wildman–Crippen LogP) is 2.79. The molecule has 2 aromatic rings. The molecule has 0 heterocycles. The number of nitrogens with two attached hydrogens (primary N) is 1. The van der Waals surface area contributed by atoms with Crippen LogP contribution in [-0.2, 0) is 25.8 Å². The van der Waals surface area contributed by atoms with Gasteiger partial charge in [-0.15, -0.1) is 0 Å². The van der Waals surface area contributed by atoms with Crippen LogP contribution < -0.4 is 11.1 Å². The number of nitrogens with one attached hydrogen (secondary N) is 1. The first-order chi connectivity index (χ1) is 13.4. The summed E-state index contributed by atoms with van der Waals surface area (Å²) >= 11 is 0. The molecule has 154 valence electrons. The Bertz CT molecular complexity index is 1080. The van der Waals surface area contributed by atoms with E-state index in [1.165, 1.54) is 13.0 Å². The van der Waals surface area contributed by atoms with Crippen LogP contribution in [0.2, 0.25) is 0 Å². The molecule has 0 unspecified atom stereocenters. The molecule has 1 atom stereocenters. The molecule has 0 bridgehead atoms. The normalized spacial score (nSPS) is 14.0. The number of amides is 1. The van der Waals surface area contributed by atoms with Gasteiger partial charge in [0.2, 0.25) is 20.7 Å². The predicted molar refractivity (Wildman–Crippen MR) is 94.0 cm³/mol. The van der Waals surface area contributed by atoms with E-state index >= 15 is 0 Å². The first kappa shape index (κ1) is 22.3. The Kier molecular flexibility index (Phi) is 6.01. The lowest BCUT2D eigenvalue weighted by Crippen LogP contribution is -2.58. The van der Waals surface area contributed by atoms with Gasteiger partial charge in [-0.05, 0) is 36.4 Å². The number of rotatable bonds is 5. The largest absolute Gasteiger partial charge is 0.417 e. The van der Waals surface area contributed by atoms with E-state index in [2.05, 4.69) is 0 Å². The van der Waals surface area contributed by atoms with Gasteiger partial charge in [0.05, 0.1) is 22.1 Å². The number of carbonyl (C=O) groups is 1. The molecule has 0 spiro atoms. The maximum atomic E-state index is 13.3. The van der Waals surface area contributed by atoms with E-state index in [0.29, 0.717) is 6.07 Å². The third kappa shape index (κ3) is 4.23. The van der Waals surface area contributed by atoms with Gasteiger partial charge in [0.1, 0.15) is 5.82 Å². The van der Waals surface area contributed by atoms with Crippen LogP contribution in [0, 0.1) is 17.1 Å². The van der Waals surface area contributed by atoms with E-state index in [1.54, 1.807) is 0 Å². The second kappa shape index (κ2) is 7.81. The Hall–Kier alpha value is -2.97. The molecule has 3 N–H and O–H groups in total. The molecule has 0 saturated heterocycles. The second-order valence-corrected chi connectivity index (χ2v) is 8.09. The molecule has 0 aromatic heterocycles. The fourth-order valence-electron chi connectivity index (χ4n) is 2.50. The average Bonchev–Trinajstić information content (AvgIpc) is 2.66. The van der Waals surface area contributed by atoms with Crippen LogP contribution >= 0.6 is 0 Å². The van der Waals surface area contributed by atoms with Crippen LogP contribution in [0.15, 0.2) is 47.4 Å². The van der Waals surface area contributed by atoms with E-state index in [4.69, 9.17) is 11.0 Å². The number of nitrogens with zero attached hydrogens (tertiary/aromatic N) is 1. The van der Waals surface area contributed by atoms with Crippen molar-refractivity contribution in [2.75, 3.05) is 0 Å². The highest BCUT2D eigenvalue weighted by Gasteiger charge is 2.46. The quantitative estimate of drug-likeness (QED) is 0.431. The number of benzene rings is 2. The Balaban J connectivity index is 2.78. The zero-order valence-corrected chi connectivity index (χ0v) is 15.7. The monoisotopic (exact) mass is 429 g/mol. The van der Waals surface area contributed by atoms with Crippen LogP contribution in [-0.4, -0.2) is 14.3 Å². The maximum absolute atomic E-state index is 13.3. The van der Waals surface area contributed by atoms with Gasteiger partial charge in [-0.25, -0.2) is 12.8 Å². The van der Waals surface area contributed by atoms with Gasteiger partial charge < -0.3 is 5.32 Å². The van der Waals surface area contributed by atoms with Crippen molar-refractivity contribution in [3.63, 3.8) is 0 Å². The third-order valence-electron chi connectivity index (χ3n) is 4.07. The average molecular weight is 429 g/mol. The maximum Gasteiger partial charge on any atom is 0.417 e. The van der Waals surface area contributed by atoms with Crippen LogP contribution in [0.1, 0.15) is 30.0 Å². The smallest absolute Gasteiger partial charge is 0.321 e. The molecular weight excluding hydrogens is 414 g/mol. The number of hydrogen-bond acceptors (Lipinski definition) is 5. The number of nitriles is 1. The molecule has 29 heavy (non-hydrogen) atoms. The van der Waals surface area contributed by atoms with Crippen molar-refractivity contribution in [3.05, 3.63) is 65.0 Å². The molecule has 0 saturated carbocycles. The number of halogens is 4. The van der Waals surface area contributed by atoms with E-state index in [0.717, 1.165) is 36.4 Å². The van der Waals surface area contributed by atoms with Crippen molar-refractivity contribution in [1.82, 2.24) is 5.32 Å². The summed E-state index contributed by atoms with van der Waals surface area (Å²) in [6, 6.07) is 6.84. The first-order valence-corrected chi connectivity index (χ1v) is 9.57. The number of hydrogen-bond donors (Lipinski definition) is 2. The Labute approximate surface area is 163 Å². The molecule has 11 heteroatoms. The van der Waals surface area contributed by atoms with Gasteiger partial charge in [0, 0.05) is 12.0 Å². The van der Waals surface area contributed by atoms with E-state index in [-0.39, 0.29) is 6.42 Å². The summed E-state index contributed by atoms with van der Waals surface area (Å²) in [5.41, 5.74) is 3.21. The molecule has 0 aliphatic rings. The number of carbonyl (C=O) groups excluding carboxylic acids is 1. The zero-order valence-electron chi connectivity index (χ0n) is 14.9. The lowest BCUT2D eigenvalue weighted by atomic mass is 10.0. The number of alkyl halides is 3. The molecule has 0 radical (unpaired) electrons. The molecule has 0 aliphatic carbocycles. The SMILES string of the molecule is CCC(=O)N[C@](N)(c1ccc(C#N)c(C(F)(F)F)c1)S(=O)(=O)c1ccc(F)cc1. The van der Waals surface area contributed by atoms with Crippen LogP contribution in [0.5, 0.6) is 0 Å². The van der Waals surface area contributed by atoms with Crippen molar-refractivity contribution in [1.29, 1.82) is 5.26 Å². The lowest BCUT2D eigenvalue weighted by Gasteiger charge is -2.31. The summed E-state index contributed by atoms with van der Waals surface area (Å²) < 4.78 is 79.4. The fraction of sp³-hybridized carbons (Fsp3) is 0.222. The van der Waals surface area contributed by atoms with Gasteiger partial charge in [-0.2, -0.15) is 18.4 Å². The van der Waals surface area contributed by atoms with Gasteiger partial charge in [-0.3, -0.25) is 10.5 Å². The fourth-order valence-corrected chi connectivity index (χ4v) is 4.05. The van der Waals surface area contributed by atoms with Crippen LogP contribution in [0.4, 0.5) is 17.6 Å². The van der Waals surface area contributed by atoms with Crippen LogP contribution in [0.25, 0.3) is 0 Å². The van der Waals surface area contributed by atoms with E-state index in [1.807, 2.05) is 5.32 Å². The number of sulfone groups is 1. The highest BCUT2D eigenvalue weighted by molar-refractivity contribution is 7.92. The first-order valence-electron chi connectivity index (χ1n) is 8.08. The minimum absolute atomic E-state index is 0.208. The highest BCUT2D eigenvalue weighted by Crippen LogP contribution is 2.36. The molecular formula is C18H15F4N3O3S.